The van der Waals surface area contributed by atoms with Crippen LogP contribution in [0.25, 0.3) is 10.3 Å². The lowest BCUT2D eigenvalue weighted by atomic mass is 9.96. The summed E-state index contributed by atoms with van der Waals surface area (Å²) in [5, 5.41) is 6.15. The van der Waals surface area contributed by atoms with Crippen LogP contribution in [0.4, 0.5) is 10.8 Å². The third-order valence-corrected chi connectivity index (χ3v) is 6.82. The van der Waals surface area contributed by atoms with Gasteiger partial charge in [-0.15, -0.1) is 0 Å². The highest BCUT2D eigenvalue weighted by Gasteiger charge is 2.26. The molecule has 0 saturated carbocycles. The zero-order chi connectivity index (χ0) is 22.9. The van der Waals surface area contributed by atoms with Crippen LogP contribution in [0, 0.1) is 5.92 Å². The molecule has 1 fully saturated rings. The molecule has 4 heterocycles. The minimum absolute atomic E-state index is 0.000691. The van der Waals surface area contributed by atoms with E-state index in [-0.39, 0.29) is 36.6 Å². The highest BCUT2D eigenvalue weighted by Crippen LogP contribution is 2.34. The van der Waals surface area contributed by atoms with E-state index < -0.39 is 0 Å². The minimum atomic E-state index is -0.363. The lowest BCUT2D eigenvalue weighted by Crippen LogP contribution is -2.39. The van der Waals surface area contributed by atoms with Crippen LogP contribution in [0.5, 0.6) is 11.5 Å². The van der Waals surface area contributed by atoms with E-state index in [0.717, 1.165) is 12.8 Å². The second kappa shape index (κ2) is 8.70. The molecule has 0 spiro atoms. The predicted octanol–water partition coefficient (Wildman–Crippen LogP) is 1.18. The van der Waals surface area contributed by atoms with Crippen LogP contribution in [-0.4, -0.2) is 53.3 Å². The van der Waals surface area contributed by atoms with Gasteiger partial charge in [-0.2, -0.15) is 4.98 Å². The number of hydrogen-bond donors (Lipinski definition) is 2. The Hall–Kier alpha value is -3.67. The molecular weight excluding hydrogens is 448 g/mol. The summed E-state index contributed by atoms with van der Waals surface area (Å²) in [4.78, 5) is 48.2. The van der Waals surface area contributed by atoms with Crippen molar-refractivity contribution in [3.63, 3.8) is 0 Å². The van der Waals surface area contributed by atoms with Gasteiger partial charge in [0, 0.05) is 37.8 Å². The Morgan fingerprint density at radius 1 is 1.21 bits per heavy atom. The number of fused-ring (bicyclic) bond motifs is 2. The van der Waals surface area contributed by atoms with Gasteiger partial charge in [-0.3, -0.25) is 19.0 Å². The zero-order valence-electron chi connectivity index (χ0n) is 17.9. The lowest BCUT2D eigenvalue weighted by Gasteiger charge is -2.30. The molecule has 2 aliphatic heterocycles. The van der Waals surface area contributed by atoms with E-state index in [9.17, 15) is 14.4 Å². The third kappa shape index (κ3) is 4.21. The number of amides is 2. The number of nitrogens with zero attached hydrogens (tertiary/aromatic N) is 4. The molecule has 172 valence electrons. The fourth-order valence-electron chi connectivity index (χ4n) is 3.95. The second-order valence-corrected chi connectivity index (χ2v) is 8.80. The van der Waals surface area contributed by atoms with Crippen molar-refractivity contribution in [3.05, 3.63) is 34.9 Å². The number of hydrogen-bond acceptors (Lipinski definition) is 9. The first-order valence-electron chi connectivity index (χ1n) is 10.5. The normalized spacial score (nSPS) is 15.6. The number of benzene rings is 1. The maximum absolute atomic E-state index is 13.0. The van der Waals surface area contributed by atoms with Crippen LogP contribution < -0.4 is 30.6 Å². The summed E-state index contributed by atoms with van der Waals surface area (Å²) in [7, 11) is 1.65. The molecule has 0 aliphatic carbocycles. The van der Waals surface area contributed by atoms with E-state index in [1.165, 1.54) is 22.2 Å². The van der Waals surface area contributed by atoms with Crippen molar-refractivity contribution in [1.29, 1.82) is 0 Å². The third-order valence-electron chi connectivity index (χ3n) is 5.73. The second-order valence-electron chi connectivity index (χ2n) is 7.82. The molecule has 11 nitrogen and oxygen atoms in total. The van der Waals surface area contributed by atoms with Crippen LogP contribution in [0.2, 0.25) is 0 Å². The minimum Gasteiger partial charge on any atom is -0.454 e. The smallest absolute Gasteiger partial charge is 0.273 e. The number of aromatic nitrogens is 3. The number of nitrogens with one attached hydrogen (secondary N) is 2. The van der Waals surface area contributed by atoms with E-state index in [2.05, 4.69) is 25.5 Å². The molecule has 3 aromatic rings. The predicted molar refractivity (Wildman–Crippen MR) is 122 cm³/mol. The summed E-state index contributed by atoms with van der Waals surface area (Å²) in [6.07, 6.45) is 2.80. The van der Waals surface area contributed by atoms with Gasteiger partial charge < -0.3 is 25.0 Å². The first kappa shape index (κ1) is 21.2. The molecular formula is C21H22N6O5S. The van der Waals surface area contributed by atoms with Gasteiger partial charge in [-0.05, 0) is 25.0 Å². The molecule has 33 heavy (non-hydrogen) atoms. The molecule has 1 saturated heterocycles. The van der Waals surface area contributed by atoms with Crippen molar-refractivity contribution < 1.29 is 19.1 Å². The maximum atomic E-state index is 13.0. The maximum Gasteiger partial charge on any atom is 0.273 e. The summed E-state index contributed by atoms with van der Waals surface area (Å²) in [5.74, 6) is 0.877. The summed E-state index contributed by atoms with van der Waals surface area (Å²) in [5.41, 5.74) is 0.595. The molecule has 0 unspecified atom stereocenters. The van der Waals surface area contributed by atoms with Gasteiger partial charge in [0.25, 0.3) is 5.56 Å². The Morgan fingerprint density at radius 3 is 2.79 bits per heavy atom. The lowest BCUT2D eigenvalue weighted by molar-refractivity contribution is -0.125. The highest BCUT2D eigenvalue weighted by atomic mass is 32.1. The highest BCUT2D eigenvalue weighted by molar-refractivity contribution is 7.22. The Bertz CT molecular complexity index is 1280. The number of thiazole rings is 1. The van der Waals surface area contributed by atoms with Crippen molar-refractivity contribution in [1.82, 2.24) is 19.9 Å². The molecule has 12 heteroatoms. The molecule has 0 atom stereocenters. The largest absolute Gasteiger partial charge is 0.454 e. The van der Waals surface area contributed by atoms with Gasteiger partial charge in [0.1, 0.15) is 17.6 Å². The molecule has 1 aromatic carbocycles. The quantitative estimate of drug-likeness (QED) is 0.569. The van der Waals surface area contributed by atoms with Gasteiger partial charge in [0.2, 0.25) is 18.6 Å². The summed E-state index contributed by atoms with van der Waals surface area (Å²) >= 11 is 1.26. The molecule has 2 amide bonds. The summed E-state index contributed by atoms with van der Waals surface area (Å²) < 4.78 is 12.2. The van der Waals surface area contributed by atoms with Crippen LogP contribution in [0.1, 0.15) is 12.8 Å². The number of carbonyl (C=O) groups excluding carboxylic acids is 2. The van der Waals surface area contributed by atoms with Crippen LogP contribution in [-0.2, 0) is 16.1 Å². The summed E-state index contributed by atoms with van der Waals surface area (Å²) in [6, 6.07) is 5.10. The van der Waals surface area contributed by atoms with Gasteiger partial charge in [0.15, 0.2) is 22.3 Å². The van der Waals surface area contributed by atoms with Gasteiger partial charge in [-0.1, -0.05) is 11.3 Å². The van der Waals surface area contributed by atoms with Crippen molar-refractivity contribution >= 4 is 44.3 Å². The van der Waals surface area contributed by atoms with Crippen LogP contribution in [0.15, 0.2) is 29.3 Å². The van der Waals surface area contributed by atoms with E-state index in [1.54, 1.807) is 25.2 Å². The van der Waals surface area contributed by atoms with E-state index in [0.29, 0.717) is 45.8 Å². The standard InChI is InChI=1S/C21H22N6O5S/c1-22-19(29)12-4-6-26(7-5-12)21-25-18-17(33-21)20(30)27(10-23-18)9-16(28)24-13-2-3-14-15(8-13)32-11-31-14/h2-3,8,10,12H,4-7,9,11H2,1H3,(H,22,29)(H,24,28). The Morgan fingerprint density at radius 2 is 2.00 bits per heavy atom. The first-order valence-corrected chi connectivity index (χ1v) is 11.4. The van der Waals surface area contributed by atoms with Crippen LogP contribution >= 0.6 is 11.3 Å². The van der Waals surface area contributed by atoms with Crippen molar-refractivity contribution in [3.8, 4) is 11.5 Å². The Kier molecular flexibility index (Phi) is 5.58. The molecule has 2 N–H and O–H groups in total. The number of anilines is 2. The number of rotatable bonds is 5. The molecule has 0 radical (unpaired) electrons. The van der Waals surface area contributed by atoms with Gasteiger partial charge >= 0.3 is 0 Å². The van der Waals surface area contributed by atoms with Gasteiger partial charge in [-0.25, -0.2) is 4.98 Å². The Balaban J connectivity index is 1.28. The number of carbonyl (C=O) groups is 2. The molecule has 2 aliphatic rings. The average molecular weight is 471 g/mol. The van der Waals surface area contributed by atoms with Crippen molar-refractivity contribution in [2.75, 3.05) is 37.1 Å². The van der Waals surface area contributed by atoms with E-state index >= 15 is 0 Å². The number of piperidine rings is 1. The SMILES string of the molecule is CNC(=O)C1CCN(c2nc3ncn(CC(=O)Nc4ccc5c(c4)OCO5)c(=O)c3s2)CC1. The molecule has 2 aromatic heterocycles. The van der Waals surface area contributed by atoms with E-state index in [1.807, 2.05) is 0 Å². The average Bonchev–Trinajstić information content (AvgIpc) is 3.47. The van der Waals surface area contributed by atoms with Crippen LogP contribution in [0.3, 0.4) is 0 Å². The van der Waals surface area contributed by atoms with Crippen molar-refractivity contribution in [2.24, 2.45) is 5.92 Å². The first-order chi connectivity index (χ1) is 16.0. The Labute approximate surface area is 192 Å². The number of ether oxygens (including phenoxy) is 2. The zero-order valence-corrected chi connectivity index (χ0v) is 18.7. The molecule has 5 rings (SSSR count). The monoisotopic (exact) mass is 470 g/mol. The fraction of sp³-hybridized carbons (Fsp3) is 0.381. The van der Waals surface area contributed by atoms with Gasteiger partial charge in [0.05, 0.1) is 0 Å². The fourth-order valence-corrected chi connectivity index (χ4v) is 4.97. The van der Waals surface area contributed by atoms with Crippen molar-refractivity contribution in [2.45, 2.75) is 19.4 Å². The molecule has 0 bridgehead atoms. The van der Waals surface area contributed by atoms with E-state index in [4.69, 9.17) is 9.47 Å². The summed E-state index contributed by atoms with van der Waals surface area (Å²) in [6.45, 7) is 1.34. The topological polar surface area (TPSA) is 128 Å².